The largest absolute Gasteiger partial charge is 0.494 e. The maximum Gasteiger partial charge on any atom is 0.246 e. The number of halogens is 2. The van der Waals surface area contributed by atoms with Gasteiger partial charge in [0, 0.05) is 12.1 Å². The molecule has 8 heteroatoms. The van der Waals surface area contributed by atoms with Gasteiger partial charge in [0.15, 0.2) is 11.6 Å². The second-order valence-electron chi connectivity index (χ2n) is 6.03. The molecule has 0 saturated heterocycles. The molecular formula is C19H19F2N3O3. The second kappa shape index (κ2) is 8.13. The molecule has 0 atom stereocenters. The zero-order valence-corrected chi connectivity index (χ0v) is 14.9. The summed E-state index contributed by atoms with van der Waals surface area (Å²) in [6, 6.07) is 8.50. The fourth-order valence-electron chi connectivity index (χ4n) is 2.60. The van der Waals surface area contributed by atoms with E-state index in [1.165, 1.54) is 19.2 Å². The Morgan fingerprint density at radius 2 is 2.04 bits per heavy atom. The summed E-state index contributed by atoms with van der Waals surface area (Å²) in [4.78, 5) is 19.3. The monoisotopic (exact) mass is 375 g/mol. The molecule has 0 saturated carbocycles. The van der Waals surface area contributed by atoms with Crippen LogP contribution in [0.1, 0.15) is 17.0 Å². The summed E-state index contributed by atoms with van der Waals surface area (Å²) < 4.78 is 37.5. The molecule has 0 aliphatic heterocycles. The Kier molecular flexibility index (Phi) is 5.66. The van der Waals surface area contributed by atoms with Crippen molar-refractivity contribution in [2.75, 3.05) is 13.7 Å². The van der Waals surface area contributed by atoms with E-state index in [2.05, 4.69) is 15.3 Å². The third kappa shape index (κ3) is 4.40. The molecular weight excluding hydrogens is 356 g/mol. The van der Waals surface area contributed by atoms with Crippen LogP contribution in [0.4, 0.5) is 8.78 Å². The zero-order chi connectivity index (χ0) is 19.4. The van der Waals surface area contributed by atoms with E-state index in [1.54, 1.807) is 0 Å². The fourth-order valence-corrected chi connectivity index (χ4v) is 2.60. The van der Waals surface area contributed by atoms with Crippen molar-refractivity contribution in [3.63, 3.8) is 0 Å². The van der Waals surface area contributed by atoms with Gasteiger partial charge in [0.25, 0.3) is 0 Å². The molecule has 3 rings (SSSR count). The number of aromatic amines is 1. The van der Waals surface area contributed by atoms with Crippen molar-refractivity contribution >= 4 is 16.9 Å². The van der Waals surface area contributed by atoms with E-state index >= 15 is 0 Å². The normalized spacial score (nSPS) is 11.0. The van der Waals surface area contributed by atoms with Crippen LogP contribution in [-0.4, -0.2) is 29.6 Å². The van der Waals surface area contributed by atoms with Gasteiger partial charge in [-0.15, -0.1) is 0 Å². The van der Waals surface area contributed by atoms with Gasteiger partial charge in [0.2, 0.25) is 11.7 Å². The standard InChI is InChI=1S/C19H19F2N3O3/c1-11-3-5-13-14(7-11)24-16(23-13)9-27-10-17(25)22-8-12-4-6-15(26-2)19(21)18(12)20/h3-7H,8-10H2,1-2H3,(H,22,25)(H,23,24). The van der Waals surface area contributed by atoms with Crippen LogP contribution < -0.4 is 10.1 Å². The molecule has 0 fully saturated rings. The Labute approximate surface area is 154 Å². The summed E-state index contributed by atoms with van der Waals surface area (Å²) in [5.41, 5.74) is 2.85. The van der Waals surface area contributed by atoms with Crippen molar-refractivity contribution in [1.29, 1.82) is 0 Å². The Hall–Kier alpha value is -3.00. The highest BCUT2D eigenvalue weighted by molar-refractivity contribution is 5.77. The van der Waals surface area contributed by atoms with E-state index in [-0.39, 0.29) is 31.1 Å². The van der Waals surface area contributed by atoms with Crippen LogP contribution in [-0.2, 0) is 22.7 Å². The number of hydrogen-bond acceptors (Lipinski definition) is 4. The number of carbonyl (C=O) groups is 1. The summed E-state index contributed by atoms with van der Waals surface area (Å²) in [7, 11) is 1.25. The summed E-state index contributed by atoms with van der Waals surface area (Å²) in [6.07, 6.45) is 0. The number of amides is 1. The van der Waals surface area contributed by atoms with Crippen molar-refractivity contribution in [2.45, 2.75) is 20.1 Å². The zero-order valence-electron chi connectivity index (χ0n) is 14.9. The second-order valence-corrected chi connectivity index (χ2v) is 6.03. The maximum absolute atomic E-state index is 13.9. The summed E-state index contributed by atoms with van der Waals surface area (Å²) in [5, 5.41) is 2.48. The van der Waals surface area contributed by atoms with Crippen LogP contribution in [0.15, 0.2) is 30.3 Å². The molecule has 1 aromatic heterocycles. The number of rotatable bonds is 7. The molecule has 0 aliphatic carbocycles. The molecule has 0 radical (unpaired) electrons. The van der Waals surface area contributed by atoms with Crippen molar-refractivity contribution in [2.24, 2.45) is 0 Å². The van der Waals surface area contributed by atoms with E-state index in [0.717, 1.165) is 16.6 Å². The number of fused-ring (bicyclic) bond motifs is 1. The van der Waals surface area contributed by atoms with Crippen molar-refractivity contribution < 1.29 is 23.0 Å². The molecule has 142 valence electrons. The number of ether oxygens (including phenoxy) is 2. The van der Waals surface area contributed by atoms with Crippen molar-refractivity contribution in [1.82, 2.24) is 15.3 Å². The SMILES string of the molecule is COc1ccc(CNC(=O)COCc2nc3ccc(C)cc3[nH]2)c(F)c1F. The van der Waals surface area contributed by atoms with Gasteiger partial charge >= 0.3 is 0 Å². The number of aryl methyl sites for hydroxylation is 1. The maximum atomic E-state index is 13.9. The summed E-state index contributed by atoms with van der Waals surface area (Å²) in [5.74, 6) is -2.16. The molecule has 3 aromatic rings. The quantitative estimate of drug-likeness (QED) is 0.666. The average Bonchev–Trinajstić information content (AvgIpc) is 3.04. The van der Waals surface area contributed by atoms with Gasteiger partial charge in [-0.2, -0.15) is 4.39 Å². The van der Waals surface area contributed by atoms with Gasteiger partial charge in [0.1, 0.15) is 19.0 Å². The van der Waals surface area contributed by atoms with Gasteiger partial charge in [0.05, 0.1) is 18.1 Å². The first-order valence-corrected chi connectivity index (χ1v) is 8.28. The Morgan fingerprint density at radius 3 is 2.81 bits per heavy atom. The van der Waals surface area contributed by atoms with E-state index in [4.69, 9.17) is 9.47 Å². The number of benzene rings is 2. The topological polar surface area (TPSA) is 76.2 Å². The summed E-state index contributed by atoms with van der Waals surface area (Å²) in [6.45, 7) is 1.74. The number of imidazole rings is 1. The lowest BCUT2D eigenvalue weighted by Crippen LogP contribution is -2.27. The molecule has 2 N–H and O–H groups in total. The lowest BCUT2D eigenvalue weighted by Gasteiger charge is -2.09. The minimum atomic E-state index is -1.08. The van der Waals surface area contributed by atoms with Crippen LogP contribution in [0, 0.1) is 18.6 Å². The third-order valence-corrected chi connectivity index (χ3v) is 3.98. The molecule has 27 heavy (non-hydrogen) atoms. The van der Waals surface area contributed by atoms with E-state index in [0.29, 0.717) is 5.82 Å². The molecule has 1 heterocycles. The molecule has 0 spiro atoms. The number of carbonyl (C=O) groups excluding carboxylic acids is 1. The van der Waals surface area contributed by atoms with E-state index < -0.39 is 17.5 Å². The molecule has 1 amide bonds. The lowest BCUT2D eigenvalue weighted by atomic mass is 10.2. The summed E-state index contributed by atoms with van der Waals surface area (Å²) >= 11 is 0. The third-order valence-electron chi connectivity index (χ3n) is 3.98. The molecule has 0 unspecified atom stereocenters. The smallest absolute Gasteiger partial charge is 0.246 e. The Bertz CT molecular complexity index is 972. The first kappa shape index (κ1) is 18.8. The van der Waals surface area contributed by atoms with Crippen LogP contribution in [0.25, 0.3) is 11.0 Å². The first-order valence-electron chi connectivity index (χ1n) is 8.28. The van der Waals surface area contributed by atoms with E-state index in [1.807, 2.05) is 25.1 Å². The lowest BCUT2D eigenvalue weighted by molar-refractivity contribution is -0.126. The number of nitrogens with zero attached hydrogens (tertiary/aromatic N) is 1. The molecule has 6 nitrogen and oxygen atoms in total. The number of nitrogens with one attached hydrogen (secondary N) is 2. The molecule has 0 aliphatic rings. The predicted octanol–water partition coefficient (Wildman–Crippen LogP) is 2.99. The van der Waals surface area contributed by atoms with E-state index in [9.17, 15) is 13.6 Å². The minimum absolute atomic E-state index is 0.0225. The van der Waals surface area contributed by atoms with Crippen LogP contribution in [0.3, 0.4) is 0 Å². The first-order chi connectivity index (χ1) is 13.0. The number of methoxy groups -OCH3 is 1. The highest BCUT2D eigenvalue weighted by Gasteiger charge is 2.14. The number of aromatic nitrogens is 2. The fraction of sp³-hybridized carbons (Fsp3) is 0.263. The Balaban J connectivity index is 1.49. The van der Waals surface area contributed by atoms with Gasteiger partial charge in [-0.1, -0.05) is 12.1 Å². The van der Waals surface area contributed by atoms with Crippen molar-refractivity contribution in [3.05, 3.63) is 58.9 Å². The van der Waals surface area contributed by atoms with Gasteiger partial charge in [-0.05, 0) is 30.7 Å². The molecule has 2 aromatic carbocycles. The Morgan fingerprint density at radius 1 is 1.22 bits per heavy atom. The highest BCUT2D eigenvalue weighted by atomic mass is 19.2. The average molecular weight is 375 g/mol. The molecule has 0 bridgehead atoms. The minimum Gasteiger partial charge on any atom is -0.494 e. The van der Waals surface area contributed by atoms with Gasteiger partial charge in [-0.25, -0.2) is 9.37 Å². The number of H-pyrrole nitrogens is 1. The predicted molar refractivity (Wildman–Crippen MR) is 95.2 cm³/mol. The van der Waals surface area contributed by atoms with Gasteiger partial charge < -0.3 is 19.8 Å². The highest BCUT2D eigenvalue weighted by Crippen LogP contribution is 2.22. The number of hydrogen-bond donors (Lipinski definition) is 2. The van der Waals surface area contributed by atoms with Crippen LogP contribution >= 0.6 is 0 Å². The van der Waals surface area contributed by atoms with Crippen LogP contribution in [0.5, 0.6) is 5.75 Å². The van der Waals surface area contributed by atoms with Crippen LogP contribution in [0.2, 0.25) is 0 Å². The van der Waals surface area contributed by atoms with Crippen molar-refractivity contribution in [3.8, 4) is 5.75 Å². The van der Waals surface area contributed by atoms with Gasteiger partial charge in [-0.3, -0.25) is 4.79 Å².